The summed E-state index contributed by atoms with van der Waals surface area (Å²) < 4.78 is 10.9. The number of nitrogens with zero attached hydrogens (tertiary/aromatic N) is 1. The van der Waals surface area contributed by atoms with E-state index in [-0.39, 0.29) is 19.1 Å². The van der Waals surface area contributed by atoms with Gasteiger partial charge in [-0.2, -0.15) is 0 Å². The Hall–Kier alpha value is -3.06. The topological polar surface area (TPSA) is 88.1 Å². The molecule has 0 saturated carbocycles. The molecule has 2 aromatic rings. The van der Waals surface area contributed by atoms with Gasteiger partial charge in [0.2, 0.25) is 0 Å². The van der Waals surface area contributed by atoms with Crippen LogP contribution in [0.4, 0.5) is 10.5 Å². The number of methoxy groups -OCH3 is 1. The van der Waals surface area contributed by atoms with Crippen molar-refractivity contribution in [3.8, 4) is 11.5 Å². The molecule has 1 aliphatic rings. The molecule has 3 rings (SSSR count). The number of carboxylic acids is 1. The van der Waals surface area contributed by atoms with Crippen molar-refractivity contribution in [2.45, 2.75) is 18.6 Å². The largest absolute Gasteiger partial charge is 0.480 e. The van der Waals surface area contributed by atoms with Crippen LogP contribution in [0.2, 0.25) is 0 Å². The molecule has 2 atom stereocenters. The van der Waals surface area contributed by atoms with Gasteiger partial charge >= 0.3 is 12.0 Å². The molecule has 0 bridgehead atoms. The average molecular weight is 356 g/mol. The summed E-state index contributed by atoms with van der Waals surface area (Å²) >= 11 is 0. The van der Waals surface area contributed by atoms with Crippen LogP contribution in [0.3, 0.4) is 0 Å². The number of urea groups is 1. The number of benzene rings is 2. The van der Waals surface area contributed by atoms with Crippen LogP contribution < -0.4 is 10.1 Å². The molecular formula is C19H20N2O5. The number of ether oxygens (including phenoxy) is 2. The fourth-order valence-electron chi connectivity index (χ4n) is 2.88. The molecule has 0 radical (unpaired) electrons. The highest BCUT2D eigenvalue weighted by molar-refractivity contribution is 5.93. The number of para-hydroxylation sites is 1. The van der Waals surface area contributed by atoms with Gasteiger partial charge in [0.15, 0.2) is 0 Å². The Bertz CT molecular complexity index is 781. The van der Waals surface area contributed by atoms with Gasteiger partial charge in [-0.25, -0.2) is 9.59 Å². The normalized spacial score (nSPS) is 19.2. The number of carbonyl (C=O) groups excluding carboxylic acids is 1. The SMILES string of the molecule is CO[C@@H]1C[C@@H](C(=O)O)N(C(=O)Nc2cccc(Oc3ccccc3)c2)C1. The lowest BCUT2D eigenvalue weighted by molar-refractivity contribution is -0.141. The molecule has 1 fully saturated rings. The molecule has 1 heterocycles. The van der Waals surface area contributed by atoms with Crippen molar-refractivity contribution in [2.24, 2.45) is 0 Å². The quantitative estimate of drug-likeness (QED) is 0.859. The fourth-order valence-corrected chi connectivity index (χ4v) is 2.88. The number of amides is 2. The molecule has 2 N–H and O–H groups in total. The minimum Gasteiger partial charge on any atom is -0.480 e. The maximum Gasteiger partial charge on any atom is 0.326 e. The first kappa shape index (κ1) is 17.8. The highest BCUT2D eigenvalue weighted by Gasteiger charge is 2.39. The third-order valence-electron chi connectivity index (χ3n) is 4.21. The lowest BCUT2D eigenvalue weighted by atomic mass is 10.2. The third kappa shape index (κ3) is 4.12. The van der Waals surface area contributed by atoms with Gasteiger partial charge in [0, 0.05) is 31.8 Å². The van der Waals surface area contributed by atoms with E-state index in [0.717, 1.165) is 0 Å². The van der Waals surface area contributed by atoms with E-state index in [9.17, 15) is 14.7 Å². The highest BCUT2D eigenvalue weighted by atomic mass is 16.5. The molecule has 26 heavy (non-hydrogen) atoms. The molecule has 0 aromatic heterocycles. The first-order chi connectivity index (χ1) is 12.6. The van der Waals surface area contributed by atoms with Crippen LogP contribution >= 0.6 is 0 Å². The minimum atomic E-state index is -1.04. The van der Waals surface area contributed by atoms with E-state index in [2.05, 4.69) is 5.32 Å². The summed E-state index contributed by atoms with van der Waals surface area (Å²) in [6, 6.07) is 14.8. The molecule has 0 unspecified atom stereocenters. The second-order valence-corrected chi connectivity index (χ2v) is 5.97. The van der Waals surface area contributed by atoms with Gasteiger partial charge in [-0.1, -0.05) is 24.3 Å². The molecule has 136 valence electrons. The lowest BCUT2D eigenvalue weighted by Crippen LogP contribution is -2.43. The first-order valence-corrected chi connectivity index (χ1v) is 8.23. The maximum absolute atomic E-state index is 12.5. The van der Waals surface area contributed by atoms with Gasteiger partial charge in [0.25, 0.3) is 0 Å². The average Bonchev–Trinajstić information content (AvgIpc) is 3.08. The smallest absolute Gasteiger partial charge is 0.326 e. The Morgan fingerprint density at radius 1 is 1.12 bits per heavy atom. The number of hydrogen-bond acceptors (Lipinski definition) is 4. The predicted octanol–water partition coefficient (Wildman–Crippen LogP) is 3.18. The van der Waals surface area contributed by atoms with Crippen molar-refractivity contribution in [3.63, 3.8) is 0 Å². The van der Waals surface area contributed by atoms with Crippen molar-refractivity contribution in [1.82, 2.24) is 4.90 Å². The number of carbonyl (C=O) groups is 2. The summed E-state index contributed by atoms with van der Waals surface area (Å²) in [5.74, 6) is 0.213. The summed E-state index contributed by atoms with van der Waals surface area (Å²) in [4.78, 5) is 25.2. The third-order valence-corrected chi connectivity index (χ3v) is 4.21. The van der Waals surface area contributed by atoms with Crippen molar-refractivity contribution in [2.75, 3.05) is 19.0 Å². The number of rotatable bonds is 5. The second kappa shape index (κ2) is 7.88. The standard InChI is InChI=1S/C19H20N2O5/c1-25-16-11-17(18(22)23)21(12-16)19(24)20-13-6-5-9-15(10-13)26-14-7-3-2-4-8-14/h2-10,16-17H,11-12H2,1H3,(H,20,24)(H,22,23)/t16-,17+/m1/s1. The summed E-state index contributed by atoms with van der Waals surface area (Å²) in [5, 5.41) is 12.1. The number of anilines is 1. The van der Waals surface area contributed by atoms with Crippen LogP contribution in [-0.4, -0.2) is 47.8 Å². The molecule has 1 saturated heterocycles. The zero-order valence-corrected chi connectivity index (χ0v) is 14.3. The number of carboxylic acid groups (broad SMARTS) is 1. The van der Waals surface area contributed by atoms with Crippen LogP contribution in [0, 0.1) is 0 Å². The van der Waals surface area contributed by atoms with Crippen LogP contribution in [0.1, 0.15) is 6.42 Å². The van der Waals surface area contributed by atoms with E-state index in [1.807, 2.05) is 30.3 Å². The number of likely N-dealkylation sites (tertiary alicyclic amines) is 1. The van der Waals surface area contributed by atoms with Gasteiger partial charge in [-0.05, 0) is 24.3 Å². The van der Waals surface area contributed by atoms with Gasteiger partial charge in [-0.15, -0.1) is 0 Å². The number of aliphatic carboxylic acids is 1. The molecule has 1 aliphatic heterocycles. The van der Waals surface area contributed by atoms with E-state index in [0.29, 0.717) is 17.2 Å². The molecule has 2 amide bonds. The van der Waals surface area contributed by atoms with Crippen molar-refractivity contribution in [3.05, 3.63) is 54.6 Å². The Kier molecular flexibility index (Phi) is 5.38. The highest BCUT2D eigenvalue weighted by Crippen LogP contribution is 2.25. The van der Waals surface area contributed by atoms with Gasteiger partial charge in [0.1, 0.15) is 17.5 Å². The zero-order chi connectivity index (χ0) is 18.5. The van der Waals surface area contributed by atoms with Crippen molar-refractivity contribution < 1.29 is 24.2 Å². The Morgan fingerprint density at radius 2 is 1.85 bits per heavy atom. The molecule has 2 aromatic carbocycles. The lowest BCUT2D eigenvalue weighted by Gasteiger charge is -2.21. The van der Waals surface area contributed by atoms with Crippen molar-refractivity contribution in [1.29, 1.82) is 0 Å². The Morgan fingerprint density at radius 3 is 2.54 bits per heavy atom. The fraction of sp³-hybridized carbons (Fsp3) is 0.263. The van der Waals surface area contributed by atoms with Gasteiger partial charge in [0.05, 0.1) is 6.10 Å². The molecular weight excluding hydrogens is 336 g/mol. The minimum absolute atomic E-state index is 0.236. The van der Waals surface area contributed by atoms with Gasteiger partial charge in [-0.3, -0.25) is 0 Å². The zero-order valence-electron chi connectivity index (χ0n) is 14.3. The van der Waals surface area contributed by atoms with E-state index in [4.69, 9.17) is 9.47 Å². The summed E-state index contributed by atoms with van der Waals surface area (Å²) in [7, 11) is 1.51. The molecule has 0 spiro atoms. The number of nitrogens with one attached hydrogen (secondary N) is 1. The van der Waals surface area contributed by atoms with Gasteiger partial charge < -0.3 is 24.8 Å². The van der Waals surface area contributed by atoms with Crippen LogP contribution in [0.5, 0.6) is 11.5 Å². The van der Waals surface area contributed by atoms with Crippen molar-refractivity contribution >= 4 is 17.7 Å². The first-order valence-electron chi connectivity index (χ1n) is 8.23. The Balaban J connectivity index is 1.69. The second-order valence-electron chi connectivity index (χ2n) is 5.97. The van der Waals surface area contributed by atoms with Crippen LogP contribution in [0.25, 0.3) is 0 Å². The predicted molar refractivity (Wildman–Crippen MR) is 95.5 cm³/mol. The monoisotopic (exact) mass is 356 g/mol. The summed E-state index contributed by atoms with van der Waals surface area (Å²) in [5.41, 5.74) is 0.522. The summed E-state index contributed by atoms with van der Waals surface area (Å²) in [6.07, 6.45) is -0.00856. The van der Waals surface area contributed by atoms with E-state index >= 15 is 0 Å². The number of hydrogen-bond donors (Lipinski definition) is 2. The molecule has 0 aliphatic carbocycles. The molecule has 7 nitrogen and oxygen atoms in total. The van der Waals surface area contributed by atoms with Crippen LogP contribution in [-0.2, 0) is 9.53 Å². The Labute approximate surface area is 151 Å². The summed E-state index contributed by atoms with van der Waals surface area (Å²) in [6.45, 7) is 0.236. The van der Waals surface area contributed by atoms with E-state index in [1.165, 1.54) is 12.0 Å². The van der Waals surface area contributed by atoms with E-state index in [1.54, 1.807) is 24.3 Å². The maximum atomic E-state index is 12.5. The van der Waals surface area contributed by atoms with Crippen LogP contribution in [0.15, 0.2) is 54.6 Å². The molecule has 7 heteroatoms. The van der Waals surface area contributed by atoms with E-state index < -0.39 is 18.0 Å².